The van der Waals surface area contributed by atoms with Crippen LogP contribution in [0, 0.1) is 17.7 Å². The van der Waals surface area contributed by atoms with Gasteiger partial charge in [0.2, 0.25) is 0 Å². The number of rotatable bonds is 4. The number of aromatic nitrogens is 2. The molecule has 0 saturated heterocycles. The second-order valence-corrected chi connectivity index (χ2v) is 4.19. The van der Waals surface area contributed by atoms with Crippen LogP contribution >= 0.6 is 0 Å². The normalized spacial score (nSPS) is 9.95. The number of nitrogens with zero attached hydrogens (tertiary/aromatic N) is 2. The minimum Gasteiger partial charge on any atom is -0.493 e. The third-order valence-corrected chi connectivity index (χ3v) is 2.82. The van der Waals surface area contributed by atoms with Gasteiger partial charge in [-0.1, -0.05) is 11.8 Å². The summed E-state index contributed by atoms with van der Waals surface area (Å²) in [6.45, 7) is 0.676. The van der Waals surface area contributed by atoms with Gasteiger partial charge in [0.05, 0.1) is 18.7 Å². The summed E-state index contributed by atoms with van der Waals surface area (Å²) in [6, 6.07) is 6.56. The Labute approximate surface area is 117 Å². The van der Waals surface area contributed by atoms with Crippen molar-refractivity contribution in [1.29, 1.82) is 0 Å². The summed E-state index contributed by atoms with van der Waals surface area (Å²) in [4.78, 5) is 0. The first kappa shape index (κ1) is 14.1. The molecule has 0 saturated carbocycles. The van der Waals surface area contributed by atoms with Crippen LogP contribution in [0.5, 0.6) is 5.75 Å². The fourth-order valence-electron chi connectivity index (χ4n) is 1.75. The monoisotopic (exact) mass is 273 g/mol. The van der Waals surface area contributed by atoms with Gasteiger partial charge < -0.3 is 10.5 Å². The predicted molar refractivity (Wildman–Crippen MR) is 74.7 cm³/mol. The van der Waals surface area contributed by atoms with Crippen molar-refractivity contribution in [3.63, 3.8) is 0 Å². The van der Waals surface area contributed by atoms with Crippen LogP contribution in [-0.2, 0) is 13.5 Å². The molecule has 0 atom stereocenters. The Hall–Kier alpha value is -2.32. The Kier molecular flexibility index (Phi) is 4.75. The number of aryl methyl sites for hydroxylation is 1. The number of benzene rings is 1. The quantitative estimate of drug-likeness (QED) is 0.859. The van der Waals surface area contributed by atoms with E-state index in [9.17, 15) is 4.39 Å². The molecule has 2 aromatic rings. The molecule has 1 heterocycles. The Morgan fingerprint density at radius 2 is 2.25 bits per heavy atom. The van der Waals surface area contributed by atoms with E-state index < -0.39 is 5.82 Å². The zero-order valence-corrected chi connectivity index (χ0v) is 11.3. The van der Waals surface area contributed by atoms with Crippen molar-refractivity contribution in [2.45, 2.75) is 6.42 Å². The second-order valence-electron chi connectivity index (χ2n) is 4.19. The lowest BCUT2D eigenvalue weighted by atomic mass is 10.2. The van der Waals surface area contributed by atoms with Crippen LogP contribution in [0.15, 0.2) is 30.5 Å². The molecule has 0 spiro atoms. The van der Waals surface area contributed by atoms with E-state index in [0.29, 0.717) is 24.3 Å². The molecule has 0 radical (unpaired) electrons. The first-order valence-electron chi connectivity index (χ1n) is 6.29. The maximum absolute atomic E-state index is 13.7. The molecule has 1 aromatic carbocycles. The van der Waals surface area contributed by atoms with Gasteiger partial charge in [0.15, 0.2) is 0 Å². The van der Waals surface area contributed by atoms with Crippen molar-refractivity contribution in [1.82, 2.24) is 9.78 Å². The third-order valence-electron chi connectivity index (χ3n) is 2.82. The van der Waals surface area contributed by atoms with E-state index >= 15 is 0 Å². The maximum atomic E-state index is 13.7. The van der Waals surface area contributed by atoms with Gasteiger partial charge in [-0.15, -0.1) is 0 Å². The lowest BCUT2D eigenvalue weighted by molar-refractivity contribution is 0.316. The highest BCUT2D eigenvalue weighted by atomic mass is 19.1. The number of hydrogen-bond donors (Lipinski definition) is 1. The topological polar surface area (TPSA) is 53.1 Å². The van der Waals surface area contributed by atoms with Gasteiger partial charge in [0.25, 0.3) is 0 Å². The van der Waals surface area contributed by atoms with Gasteiger partial charge in [0, 0.05) is 31.4 Å². The summed E-state index contributed by atoms with van der Waals surface area (Å²) in [7, 11) is 1.87. The SMILES string of the molecule is Cn1nccc1CCOc1ccc(C#CCN)c(F)c1. The molecule has 5 heteroatoms. The molecule has 0 aliphatic carbocycles. The van der Waals surface area contributed by atoms with E-state index in [0.717, 1.165) is 5.69 Å². The number of ether oxygens (including phenoxy) is 1. The molecular weight excluding hydrogens is 257 g/mol. The Morgan fingerprint density at radius 3 is 2.90 bits per heavy atom. The van der Waals surface area contributed by atoms with E-state index in [1.165, 1.54) is 6.07 Å². The van der Waals surface area contributed by atoms with Gasteiger partial charge in [-0.3, -0.25) is 4.68 Å². The molecule has 0 fully saturated rings. The zero-order valence-electron chi connectivity index (χ0n) is 11.3. The fourth-order valence-corrected chi connectivity index (χ4v) is 1.75. The number of halogens is 1. The second kappa shape index (κ2) is 6.73. The Morgan fingerprint density at radius 1 is 1.40 bits per heavy atom. The van der Waals surface area contributed by atoms with Gasteiger partial charge in [-0.25, -0.2) is 4.39 Å². The molecule has 1 aromatic heterocycles. The highest BCUT2D eigenvalue weighted by Crippen LogP contribution is 2.16. The van der Waals surface area contributed by atoms with E-state index in [2.05, 4.69) is 16.9 Å². The van der Waals surface area contributed by atoms with Crippen LogP contribution in [0.3, 0.4) is 0 Å². The molecule has 104 valence electrons. The first-order valence-corrected chi connectivity index (χ1v) is 6.29. The molecule has 0 amide bonds. The van der Waals surface area contributed by atoms with Crippen LogP contribution in [0.1, 0.15) is 11.3 Å². The molecular formula is C15H16FN3O. The van der Waals surface area contributed by atoms with E-state index in [1.807, 2.05) is 13.1 Å². The van der Waals surface area contributed by atoms with Crippen molar-refractivity contribution < 1.29 is 9.13 Å². The summed E-state index contributed by atoms with van der Waals surface area (Å²) in [5.41, 5.74) is 6.65. The summed E-state index contributed by atoms with van der Waals surface area (Å²) >= 11 is 0. The molecule has 0 unspecified atom stereocenters. The van der Waals surface area contributed by atoms with Gasteiger partial charge in [-0.2, -0.15) is 5.10 Å². The van der Waals surface area contributed by atoms with Crippen LogP contribution in [-0.4, -0.2) is 22.9 Å². The number of nitrogens with two attached hydrogens (primary N) is 1. The van der Waals surface area contributed by atoms with Gasteiger partial charge in [0.1, 0.15) is 11.6 Å². The average Bonchev–Trinajstić information content (AvgIpc) is 2.84. The minimum absolute atomic E-state index is 0.211. The van der Waals surface area contributed by atoms with Crippen LogP contribution < -0.4 is 10.5 Å². The molecule has 4 nitrogen and oxygen atoms in total. The Bertz CT molecular complexity index is 640. The number of hydrogen-bond acceptors (Lipinski definition) is 3. The third kappa shape index (κ3) is 3.59. The lowest BCUT2D eigenvalue weighted by Crippen LogP contribution is -2.06. The van der Waals surface area contributed by atoms with E-state index in [1.54, 1.807) is 23.0 Å². The van der Waals surface area contributed by atoms with Crippen molar-refractivity contribution in [2.75, 3.05) is 13.2 Å². The standard InChI is InChI=1S/C15H16FN3O/c1-19-13(6-9-18-19)7-10-20-14-5-4-12(3-2-8-17)15(16)11-14/h4-6,9,11H,7-8,10,17H2,1H3. The minimum atomic E-state index is -0.399. The van der Waals surface area contributed by atoms with Gasteiger partial charge >= 0.3 is 0 Å². The van der Waals surface area contributed by atoms with Crippen molar-refractivity contribution in [3.05, 3.63) is 47.5 Å². The predicted octanol–water partition coefficient (Wildman–Crippen LogP) is 1.49. The summed E-state index contributed by atoms with van der Waals surface area (Å²) in [5.74, 6) is 5.38. The van der Waals surface area contributed by atoms with Crippen molar-refractivity contribution >= 4 is 0 Å². The molecule has 0 aliphatic rings. The maximum Gasteiger partial charge on any atom is 0.142 e. The summed E-state index contributed by atoms with van der Waals surface area (Å²) in [6.07, 6.45) is 2.45. The average molecular weight is 273 g/mol. The lowest BCUT2D eigenvalue weighted by Gasteiger charge is -2.07. The van der Waals surface area contributed by atoms with Crippen LogP contribution in [0.25, 0.3) is 0 Å². The molecule has 2 N–H and O–H groups in total. The largest absolute Gasteiger partial charge is 0.493 e. The highest BCUT2D eigenvalue weighted by Gasteiger charge is 2.03. The van der Waals surface area contributed by atoms with E-state index in [4.69, 9.17) is 10.5 Å². The fraction of sp³-hybridized carbons (Fsp3) is 0.267. The van der Waals surface area contributed by atoms with Crippen molar-refractivity contribution in [3.8, 4) is 17.6 Å². The summed E-state index contributed by atoms with van der Waals surface area (Å²) < 4.78 is 21.0. The first-order chi connectivity index (χ1) is 9.70. The van der Waals surface area contributed by atoms with Crippen LogP contribution in [0.2, 0.25) is 0 Å². The molecule has 20 heavy (non-hydrogen) atoms. The molecule has 2 rings (SSSR count). The smallest absolute Gasteiger partial charge is 0.142 e. The van der Waals surface area contributed by atoms with Crippen LogP contribution in [0.4, 0.5) is 4.39 Å². The molecule has 0 bridgehead atoms. The Balaban J connectivity index is 1.94. The van der Waals surface area contributed by atoms with Crippen molar-refractivity contribution in [2.24, 2.45) is 12.8 Å². The zero-order chi connectivity index (χ0) is 14.4. The molecule has 0 aliphatic heterocycles. The highest BCUT2D eigenvalue weighted by molar-refractivity contribution is 5.39. The summed E-state index contributed by atoms with van der Waals surface area (Å²) in [5, 5.41) is 4.07. The van der Waals surface area contributed by atoms with Gasteiger partial charge in [-0.05, 0) is 18.2 Å². The van der Waals surface area contributed by atoms with E-state index in [-0.39, 0.29) is 6.54 Å².